The molecule has 1 aromatic carbocycles. The van der Waals surface area contributed by atoms with Crippen molar-refractivity contribution in [1.29, 1.82) is 5.26 Å². The number of rotatable bonds is 3. The molecule has 0 amide bonds. The van der Waals surface area contributed by atoms with Crippen LogP contribution in [0.3, 0.4) is 0 Å². The molecule has 2 N–H and O–H groups in total. The Kier molecular flexibility index (Phi) is 3.90. The number of hydrogen-bond donors (Lipinski definition) is 1. The number of nitrogens with zero attached hydrogens (tertiary/aromatic N) is 1. The highest BCUT2D eigenvalue weighted by Crippen LogP contribution is 2.09. The predicted molar refractivity (Wildman–Crippen MR) is 58.5 cm³/mol. The molecular weight excluding hydrogens is 172 g/mol. The lowest BCUT2D eigenvalue weighted by Crippen LogP contribution is -2.01. The minimum absolute atomic E-state index is 0.594. The van der Waals surface area contributed by atoms with Crippen LogP contribution in [0.25, 0.3) is 6.08 Å². The Hall–Kier alpha value is -1.59. The van der Waals surface area contributed by atoms with E-state index < -0.39 is 0 Å². The van der Waals surface area contributed by atoms with E-state index in [-0.39, 0.29) is 0 Å². The molecule has 2 heteroatoms. The average molecular weight is 186 g/mol. The van der Waals surface area contributed by atoms with Crippen LogP contribution in [0, 0.1) is 11.3 Å². The van der Waals surface area contributed by atoms with Gasteiger partial charge >= 0.3 is 0 Å². The first-order valence-corrected chi connectivity index (χ1v) is 4.69. The summed E-state index contributed by atoms with van der Waals surface area (Å²) in [6, 6.07) is 9.59. The fourth-order valence-corrected chi connectivity index (χ4v) is 1.19. The largest absolute Gasteiger partial charge is 0.327 e. The van der Waals surface area contributed by atoms with Gasteiger partial charge in [0, 0.05) is 6.54 Å². The van der Waals surface area contributed by atoms with Gasteiger partial charge in [-0.1, -0.05) is 30.7 Å². The topological polar surface area (TPSA) is 49.8 Å². The first-order valence-electron chi connectivity index (χ1n) is 4.69. The van der Waals surface area contributed by atoms with Gasteiger partial charge in [0.25, 0.3) is 0 Å². The third-order valence-electron chi connectivity index (χ3n) is 2.13. The number of hydrogen-bond acceptors (Lipinski definition) is 2. The van der Waals surface area contributed by atoms with Crippen molar-refractivity contribution in [3.63, 3.8) is 0 Å². The van der Waals surface area contributed by atoms with E-state index in [0.717, 1.165) is 12.0 Å². The molecular formula is C12H14N2. The highest BCUT2D eigenvalue weighted by Gasteiger charge is 1.93. The Morgan fingerprint density at radius 1 is 1.43 bits per heavy atom. The molecule has 0 aliphatic heterocycles. The normalized spacial score (nSPS) is 11.1. The zero-order valence-electron chi connectivity index (χ0n) is 8.33. The molecule has 0 heterocycles. The number of nitrogens with two attached hydrogens (primary N) is 1. The molecule has 1 rings (SSSR count). The molecule has 0 saturated carbocycles. The second-order valence-electron chi connectivity index (χ2n) is 3.09. The Balaban J connectivity index is 2.88. The molecule has 14 heavy (non-hydrogen) atoms. The van der Waals surface area contributed by atoms with Gasteiger partial charge in [-0.15, -0.1) is 0 Å². The van der Waals surface area contributed by atoms with E-state index in [0.29, 0.717) is 12.1 Å². The van der Waals surface area contributed by atoms with Crippen LogP contribution in [0.4, 0.5) is 0 Å². The minimum Gasteiger partial charge on any atom is -0.327 e. The standard InChI is InChI=1S/C12H14N2/c1-2-10(8-13)7-11-3-5-12(9-14)6-4-11/h3-7H,2,8,13H2,1H3/b10-7-. The van der Waals surface area contributed by atoms with E-state index in [4.69, 9.17) is 11.0 Å². The van der Waals surface area contributed by atoms with Crippen LogP contribution >= 0.6 is 0 Å². The van der Waals surface area contributed by atoms with Crippen LogP contribution in [0.2, 0.25) is 0 Å². The third kappa shape index (κ3) is 2.72. The van der Waals surface area contributed by atoms with Gasteiger partial charge in [0.05, 0.1) is 11.6 Å². The fraction of sp³-hybridized carbons (Fsp3) is 0.250. The van der Waals surface area contributed by atoms with Crippen molar-refractivity contribution in [3.05, 3.63) is 41.0 Å². The van der Waals surface area contributed by atoms with Gasteiger partial charge < -0.3 is 5.73 Å². The van der Waals surface area contributed by atoms with E-state index in [1.54, 1.807) is 0 Å². The van der Waals surface area contributed by atoms with Gasteiger partial charge in [-0.25, -0.2) is 0 Å². The van der Waals surface area contributed by atoms with Crippen molar-refractivity contribution in [2.24, 2.45) is 5.73 Å². The molecule has 0 aliphatic carbocycles. The SMILES string of the molecule is CC/C(=C/c1ccc(C#N)cc1)CN. The zero-order valence-corrected chi connectivity index (χ0v) is 8.33. The maximum Gasteiger partial charge on any atom is 0.0991 e. The van der Waals surface area contributed by atoms with E-state index in [9.17, 15) is 0 Å². The molecule has 0 atom stereocenters. The molecule has 0 bridgehead atoms. The quantitative estimate of drug-likeness (QED) is 0.787. The first-order chi connectivity index (χ1) is 6.80. The second kappa shape index (κ2) is 5.21. The summed E-state index contributed by atoms with van der Waals surface area (Å²) in [6.07, 6.45) is 3.04. The Morgan fingerprint density at radius 3 is 2.50 bits per heavy atom. The molecule has 0 aromatic heterocycles. The molecule has 0 saturated heterocycles. The molecule has 0 aliphatic rings. The van der Waals surface area contributed by atoms with Gasteiger partial charge in [0.15, 0.2) is 0 Å². The Morgan fingerprint density at radius 2 is 2.07 bits per heavy atom. The second-order valence-corrected chi connectivity index (χ2v) is 3.09. The van der Waals surface area contributed by atoms with Crippen molar-refractivity contribution < 1.29 is 0 Å². The van der Waals surface area contributed by atoms with E-state index in [2.05, 4.69) is 19.1 Å². The smallest absolute Gasteiger partial charge is 0.0991 e. The molecule has 1 aromatic rings. The van der Waals surface area contributed by atoms with Gasteiger partial charge in [-0.05, 0) is 24.1 Å². The van der Waals surface area contributed by atoms with Gasteiger partial charge in [0.1, 0.15) is 0 Å². The Labute approximate surface area is 84.7 Å². The molecule has 2 nitrogen and oxygen atoms in total. The lowest BCUT2D eigenvalue weighted by molar-refractivity contribution is 1.02. The summed E-state index contributed by atoms with van der Waals surface area (Å²) in [7, 11) is 0. The van der Waals surface area contributed by atoms with Crippen LogP contribution in [0.15, 0.2) is 29.8 Å². The van der Waals surface area contributed by atoms with Gasteiger partial charge in [-0.3, -0.25) is 0 Å². The molecule has 0 fully saturated rings. The summed E-state index contributed by atoms with van der Waals surface area (Å²) in [5.41, 5.74) is 8.57. The van der Waals surface area contributed by atoms with Gasteiger partial charge in [-0.2, -0.15) is 5.26 Å². The summed E-state index contributed by atoms with van der Waals surface area (Å²) in [5, 5.41) is 8.62. The van der Waals surface area contributed by atoms with E-state index in [1.807, 2.05) is 24.3 Å². The molecule has 0 spiro atoms. The first kappa shape index (κ1) is 10.5. The van der Waals surface area contributed by atoms with Crippen molar-refractivity contribution >= 4 is 6.08 Å². The minimum atomic E-state index is 0.594. The maximum atomic E-state index is 8.62. The number of benzene rings is 1. The third-order valence-corrected chi connectivity index (χ3v) is 2.13. The predicted octanol–water partition coefficient (Wildman–Crippen LogP) is 2.31. The van der Waals surface area contributed by atoms with Crippen LogP contribution < -0.4 is 5.73 Å². The van der Waals surface area contributed by atoms with Crippen molar-refractivity contribution in [3.8, 4) is 6.07 Å². The van der Waals surface area contributed by atoms with Crippen LogP contribution in [-0.4, -0.2) is 6.54 Å². The lowest BCUT2D eigenvalue weighted by Gasteiger charge is -2.00. The maximum absolute atomic E-state index is 8.62. The van der Waals surface area contributed by atoms with Crippen molar-refractivity contribution in [1.82, 2.24) is 0 Å². The average Bonchev–Trinajstić information content (AvgIpc) is 2.26. The monoisotopic (exact) mass is 186 g/mol. The zero-order chi connectivity index (χ0) is 10.4. The molecule has 72 valence electrons. The molecule has 0 unspecified atom stereocenters. The van der Waals surface area contributed by atoms with Crippen LogP contribution in [-0.2, 0) is 0 Å². The molecule has 0 radical (unpaired) electrons. The van der Waals surface area contributed by atoms with Crippen molar-refractivity contribution in [2.45, 2.75) is 13.3 Å². The summed E-state index contributed by atoms with van der Waals surface area (Å²) >= 11 is 0. The van der Waals surface area contributed by atoms with E-state index in [1.165, 1.54) is 5.57 Å². The van der Waals surface area contributed by atoms with E-state index >= 15 is 0 Å². The summed E-state index contributed by atoms with van der Waals surface area (Å²) in [4.78, 5) is 0. The lowest BCUT2D eigenvalue weighted by atomic mass is 10.1. The summed E-state index contributed by atoms with van der Waals surface area (Å²) in [5.74, 6) is 0. The fourth-order valence-electron chi connectivity index (χ4n) is 1.19. The van der Waals surface area contributed by atoms with Crippen LogP contribution in [0.1, 0.15) is 24.5 Å². The highest BCUT2D eigenvalue weighted by atomic mass is 14.5. The summed E-state index contributed by atoms with van der Waals surface area (Å²) in [6.45, 7) is 2.68. The Bertz CT molecular complexity index is 349. The van der Waals surface area contributed by atoms with Crippen LogP contribution in [0.5, 0.6) is 0 Å². The number of nitriles is 1. The van der Waals surface area contributed by atoms with Crippen molar-refractivity contribution in [2.75, 3.05) is 6.54 Å². The summed E-state index contributed by atoms with van der Waals surface area (Å²) < 4.78 is 0. The van der Waals surface area contributed by atoms with Gasteiger partial charge in [0.2, 0.25) is 0 Å². The highest BCUT2D eigenvalue weighted by molar-refractivity contribution is 5.54.